The maximum absolute atomic E-state index is 10.3. The maximum atomic E-state index is 10.3. The van der Waals surface area contributed by atoms with Crippen molar-refractivity contribution in [3.8, 4) is 0 Å². The number of hydrogen-bond acceptors (Lipinski definition) is 8. The van der Waals surface area contributed by atoms with E-state index < -0.39 is 23.9 Å². The van der Waals surface area contributed by atoms with Gasteiger partial charge in [-0.05, 0) is 0 Å². The van der Waals surface area contributed by atoms with Crippen LogP contribution in [0.2, 0.25) is 0 Å². The Morgan fingerprint density at radius 3 is 0.760 bits per heavy atom. The molecule has 0 aliphatic rings. The number of carbonyl (C=O) groups excluding carboxylic acids is 4. The van der Waals surface area contributed by atoms with Gasteiger partial charge in [-0.2, -0.15) is 0 Å². The molecule has 0 spiro atoms. The zero-order valence-corrected chi connectivity index (χ0v) is 14.6. The minimum atomic E-state index is -1.52. The van der Waals surface area contributed by atoms with Crippen molar-refractivity contribution in [1.82, 2.24) is 0 Å². The molecule has 0 bridgehead atoms. The Hall–Kier alpha value is -3.03. The van der Waals surface area contributed by atoms with Gasteiger partial charge in [-0.15, -0.1) is 0 Å². The van der Waals surface area contributed by atoms with Crippen LogP contribution in [-0.2, 0) is 20.1 Å². The second-order valence-corrected chi connectivity index (χ2v) is 4.24. The van der Waals surface area contributed by atoms with E-state index in [1.54, 1.807) is 0 Å². The average Bonchev–Trinajstić information content (AvgIpc) is 2.55. The van der Waals surface area contributed by atoms with E-state index in [4.69, 9.17) is 0 Å². The van der Waals surface area contributed by atoms with Crippen LogP contribution in [0.15, 0.2) is 48.5 Å². The second-order valence-electron chi connectivity index (χ2n) is 4.24. The van der Waals surface area contributed by atoms with E-state index in [0.717, 1.165) is 24.3 Å². The van der Waals surface area contributed by atoms with Crippen molar-refractivity contribution in [3.63, 3.8) is 0 Å². The van der Waals surface area contributed by atoms with Crippen molar-refractivity contribution in [2.45, 2.75) is 0 Å². The van der Waals surface area contributed by atoms with Gasteiger partial charge in [-0.3, -0.25) is 0 Å². The van der Waals surface area contributed by atoms with E-state index in [0.29, 0.717) is 0 Å². The summed E-state index contributed by atoms with van der Waals surface area (Å²) < 4.78 is 0. The molecule has 2 aromatic carbocycles. The van der Waals surface area contributed by atoms with Gasteiger partial charge in [-0.1, -0.05) is 48.5 Å². The van der Waals surface area contributed by atoms with Crippen LogP contribution in [0.4, 0.5) is 0 Å². The number of carboxylic acid groups (broad SMARTS) is 4. The Morgan fingerprint density at radius 2 is 0.640 bits per heavy atom. The molecule has 9 heteroatoms. The molecule has 0 aliphatic heterocycles. The van der Waals surface area contributed by atoms with Crippen molar-refractivity contribution >= 4 is 23.9 Å². The molecule has 0 saturated heterocycles. The first-order valence-electron chi connectivity index (χ1n) is 6.29. The molecule has 2 rings (SSSR count). The summed E-state index contributed by atoms with van der Waals surface area (Å²) >= 11 is 0. The van der Waals surface area contributed by atoms with Crippen molar-refractivity contribution in [1.29, 1.82) is 0 Å². The molecule has 0 heterocycles. The predicted molar refractivity (Wildman–Crippen MR) is 70.2 cm³/mol. The van der Waals surface area contributed by atoms with Gasteiger partial charge in [0.2, 0.25) is 0 Å². The van der Waals surface area contributed by atoms with Crippen molar-refractivity contribution in [2.24, 2.45) is 0 Å². The molecule has 0 aromatic heterocycles. The van der Waals surface area contributed by atoms with E-state index >= 15 is 0 Å². The van der Waals surface area contributed by atoms with E-state index in [-0.39, 0.29) is 42.4 Å². The van der Waals surface area contributed by atoms with E-state index in [2.05, 4.69) is 0 Å². The fourth-order valence-electron chi connectivity index (χ4n) is 1.68. The monoisotopic (exact) mass is 521 g/mol. The van der Waals surface area contributed by atoms with Gasteiger partial charge in [0.15, 0.2) is 0 Å². The molecule has 0 amide bonds. The first-order valence-corrected chi connectivity index (χ1v) is 6.29. The Kier molecular flexibility index (Phi) is 8.76. The molecular weight excluding hydrogens is 512 g/mol. The molecule has 25 heavy (non-hydrogen) atoms. The van der Waals surface area contributed by atoms with Crippen LogP contribution in [0.1, 0.15) is 41.4 Å². The van der Waals surface area contributed by atoms with Gasteiger partial charge < -0.3 is 39.6 Å². The molecule has 0 fully saturated rings. The normalized spacial score (nSPS) is 8.96. The smallest absolute Gasteiger partial charge is 0.545 e. The predicted octanol–water partition coefficient (Wildman–Crippen LogP) is -3.18. The second kappa shape index (κ2) is 9.96. The Labute approximate surface area is 154 Å². The van der Waals surface area contributed by atoms with Crippen molar-refractivity contribution in [3.05, 3.63) is 70.8 Å². The summed E-state index contributed by atoms with van der Waals surface area (Å²) in [6.45, 7) is 0. The first kappa shape index (κ1) is 22.0. The first-order chi connectivity index (χ1) is 11.3. The molecular formula is C16H8IrO8. The molecule has 2 aromatic rings. The third kappa shape index (κ3) is 6.17. The number of hydrogen-bond donors (Lipinski definition) is 0. The summed E-state index contributed by atoms with van der Waals surface area (Å²) in [5.41, 5.74) is -1.45. The molecule has 8 nitrogen and oxygen atoms in total. The van der Waals surface area contributed by atoms with Crippen molar-refractivity contribution in [2.75, 3.05) is 0 Å². The van der Waals surface area contributed by atoms with Gasteiger partial charge in [0.05, 0.1) is 23.9 Å². The van der Waals surface area contributed by atoms with E-state index in [1.165, 1.54) is 24.3 Å². The zero-order chi connectivity index (χ0) is 18.3. The molecule has 0 saturated carbocycles. The summed E-state index contributed by atoms with van der Waals surface area (Å²) in [5.74, 6) is -6.07. The van der Waals surface area contributed by atoms with Crippen LogP contribution < -0.4 is 20.4 Å². The largest absolute Gasteiger partial charge is 4.00 e. The number of carbonyl (C=O) groups is 4. The van der Waals surface area contributed by atoms with Crippen LogP contribution in [-0.4, -0.2) is 23.9 Å². The summed E-state index contributed by atoms with van der Waals surface area (Å²) in [6.07, 6.45) is 0. The van der Waals surface area contributed by atoms with Gasteiger partial charge in [0, 0.05) is 22.3 Å². The van der Waals surface area contributed by atoms with Gasteiger partial charge in [0.25, 0.3) is 0 Å². The Balaban J connectivity index is 0.000000443. The maximum Gasteiger partial charge on any atom is 4.00 e. The molecule has 0 unspecified atom stereocenters. The van der Waals surface area contributed by atoms with E-state index in [1.807, 2.05) is 0 Å². The molecule has 0 N–H and O–H groups in total. The third-order valence-electron chi connectivity index (χ3n) is 2.73. The minimum Gasteiger partial charge on any atom is -0.545 e. The molecule has 129 valence electrons. The number of rotatable bonds is 4. The van der Waals surface area contributed by atoms with Crippen LogP contribution in [0.5, 0.6) is 0 Å². The van der Waals surface area contributed by atoms with Gasteiger partial charge >= 0.3 is 20.1 Å². The fourth-order valence-corrected chi connectivity index (χ4v) is 1.68. The Morgan fingerprint density at radius 1 is 0.480 bits per heavy atom. The molecule has 1 radical (unpaired) electrons. The third-order valence-corrected chi connectivity index (χ3v) is 2.73. The standard InChI is InChI=1S/2C8H6O4.Ir/c2*9-7(10)5-3-1-2-4-6(5)8(11)12;/h2*1-4H,(H,9,10)(H,11,12);/q;;+4/p-4. The van der Waals surface area contributed by atoms with Crippen molar-refractivity contribution < 1.29 is 59.7 Å². The molecule has 0 aliphatic carbocycles. The van der Waals surface area contributed by atoms with Crippen LogP contribution >= 0.6 is 0 Å². The van der Waals surface area contributed by atoms with Crippen LogP contribution in [0.25, 0.3) is 0 Å². The van der Waals surface area contributed by atoms with Gasteiger partial charge in [-0.25, -0.2) is 0 Å². The van der Waals surface area contributed by atoms with Gasteiger partial charge in [0.1, 0.15) is 0 Å². The average molecular weight is 520 g/mol. The fraction of sp³-hybridized carbons (Fsp3) is 0. The Bertz CT molecular complexity index is 667. The summed E-state index contributed by atoms with van der Waals surface area (Å²) in [5, 5.41) is 41.3. The minimum absolute atomic E-state index is 0. The summed E-state index contributed by atoms with van der Waals surface area (Å²) in [7, 11) is 0. The SMILES string of the molecule is O=C([O-])c1ccccc1C(=O)[O-].O=C([O-])c1ccccc1C(=O)[O-].[Ir+4]. The van der Waals surface area contributed by atoms with Crippen LogP contribution in [0.3, 0.4) is 0 Å². The summed E-state index contributed by atoms with van der Waals surface area (Å²) in [4.78, 5) is 41.3. The van der Waals surface area contributed by atoms with Crippen LogP contribution in [0, 0.1) is 0 Å². The number of aromatic carboxylic acids is 4. The topological polar surface area (TPSA) is 161 Å². The number of benzene rings is 2. The quantitative estimate of drug-likeness (QED) is 0.408. The summed E-state index contributed by atoms with van der Waals surface area (Å²) in [6, 6.07) is 10.3. The number of carboxylic acids is 4. The zero-order valence-electron chi connectivity index (χ0n) is 12.2. The molecule has 0 atom stereocenters. The van der Waals surface area contributed by atoms with E-state index in [9.17, 15) is 39.6 Å².